The van der Waals surface area contributed by atoms with Crippen molar-refractivity contribution in [1.29, 1.82) is 0 Å². The first-order chi connectivity index (χ1) is 14.5. The third-order valence-electron chi connectivity index (χ3n) is 5.41. The van der Waals surface area contributed by atoms with Crippen LogP contribution in [-0.2, 0) is 15.0 Å². The van der Waals surface area contributed by atoms with Crippen molar-refractivity contribution in [2.75, 3.05) is 4.90 Å². The van der Waals surface area contributed by atoms with Crippen molar-refractivity contribution in [3.05, 3.63) is 71.0 Å². The molecule has 0 saturated heterocycles. The maximum Gasteiger partial charge on any atom is 0.294 e. The number of amides is 1. The first-order valence-corrected chi connectivity index (χ1v) is 10.7. The standard InChI is InChI=1S/C26H31NO4/c1-7-21(28)22-23(17-8-10-18(11-9-17)26(4,5)6)27(25(30)24(22)29)19-12-14-20(15-13-19)31-16(2)3/h8-16,23,29H,7H2,1-6H3. The maximum absolute atomic E-state index is 13.0. The number of Topliss-reactive ketones (excluding diaryl/α,β-unsaturated/α-hetero) is 1. The molecule has 31 heavy (non-hydrogen) atoms. The summed E-state index contributed by atoms with van der Waals surface area (Å²) in [5.74, 6) is -0.588. The van der Waals surface area contributed by atoms with E-state index in [2.05, 4.69) is 20.8 Å². The van der Waals surface area contributed by atoms with E-state index in [0.29, 0.717) is 11.4 Å². The second-order valence-corrected chi connectivity index (χ2v) is 9.15. The smallest absolute Gasteiger partial charge is 0.294 e. The topological polar surface area (TPSA) is 66.8 Å². The Morgan fingerprint density at radius 3 is 2.13 bits per heavy atom. The van der Waals surface area contributed by atoms with Crippen LogP contribution in [0.4, 0.5) is 5.69 Å². The number of hydrogen-bond acceptors (Lipinski definition) is 4. The fourth-order valence-electron chi connectivity index (χ4n) is 3.79. The van der Waals surface area contributed by atoms with E-state index in [1.54, 1.807) is 31.2 Å². The SMILES string of the molecule is CCC(=O)C1=C(O)C(=O)N(c2ccc(OC(C)C)cc2)C1c1ccc(C(C)(C)C)cc1. The predicted molar refractivity (Wildman–Crippen MR) is 123 cm³/mol. The number of carbonyl (C=O) groups is 2. The molecule has 0 aliphatic carbocycles. The molecular weight excluding hydrogens is 390 g/mol. The van der Waals surface area contributed by atoms with E-state index in [-0.39, 0.29) is 29.3 Å². The molecule has 164 valence electrons. The van der Waals surface area contributed by atoms with Crippen LogP contribution < -0.4 is 9.64 Å². The Labute approximate surface area is 184 Å². The Morgan fingerprint density at radius 2 is 1.65 bits per heavy atom. The van der Waals surface area contributed by atoms with Gasteiger partial charge in [-0.3, -0.25) is 14.5 Å². The van der Waals surface area contributed by atoms with E-state index in [4.69, 9.17) is 4.74 Å². The van der Waals surface area contributed by atoms with Gasteiger partial charge in [0.05, 0.1) is 17.7 Å². The van der Waals surface area contributed by atoms with E-state index in [0.717, 1.165) is 11.1 Å². The van der Waals surface area contributed by atoms with Crippen LogP contribution in [0.1, 0.15) is 65.1 Å². The minimum Gasteiger partial charge on any atom is -0.503 e. The number of anilines is 1. The average molecular weight is 422 g/mol. The monoisotopic (exact) mass is 421 g/mol. The van der Waals surface area contributed by atoms with Gasteiger partial charge in [0.1, 0.15) is 5.75 Å². The summed E-state index contributed by atoms with van der Waals surface area (Å²) in [6, 6.07) is 14.4. The second kappa shape index (κ2) is 8.58. The Kier molecular flexibility index (Phi) is 6.25. The molecule has 2 aromatic carbocycles. The first-order valence-electron chi connectivity index (χ1n) is 10.7. The highest BCUT2D eigenvalue weighted by Gasteiger charge is 2.43. The number of benzene rings is 2. The van der Waals surface area contributed by atoms with E-state index < -0.39 is 17.7 Å². The summed E-state index contributed by atoms with van der Waals surface area (Å²) in [6.07, 6.45) is 0.242. The molecule has 0 spiro atoms. The summed E-state index contributed by atoms with van der Waals surface area (Å²) in [5.41, 5.74) is 2.66. The number of nitrogens with zero attached hydrogens (tertiary/aromatic N) is 1. The number of rotatable bonds is 6. The summed E-state index contributed by atoms with van der Waals surface area (Å²) in [7, 11) is 0. The third-order valence-corrected chi connectivity index (χ3v) is 5.41. The van der Waals surface area contributed by atoms with Crippen molar-refractivity contribution in [1.82, 2.24) is 0 Å². The molecule has 3 rings (SSSR count). The molecule has 2 aromatic rings. The van der Waals surface area contributed by atoms with Gasteiger partial charge in [0.2, 0.25) is 0 Å². The van der Waals surface area contributed by atoms with Gasteiger partial charge in [-0.05, 0) is 54.7 Å². The van der Waals surface area contributed by atoms with Crippen LogP contribution in [0, 0.1) is 0 Å². The summed E-state index contributed by atoms with van der Waals surface area (Å²) >= 11 is 0. The highest BCUT2D eigenvalue weighted by molar-refractivity contribution is 6.16. The van der Waals surface area contributed by atoms with Crippen LogP contribution >= 0.6 is 0 Å². The molecule has 1 heterocycles. The molecule has 1 aliphatic rings. The molecule has 1 atom stereocenters. The average Bonchev–Trinajstić information content (AvgIpc) is 2.98. The fourth-order valence-corrected chi connectivity index (χ4v) is 3.79. The highest BCUT2D eigenvalue weighted by atomic mass is 16.5. The van der Waals surface area contributed by atoms with Crippen molar-refractivity contribution < 1.29 is 19.4 Å². The molecule has 0 fully saturated rings. The van der Waals surface area contributed by atoms with Gasteiger partial charge in [-0.15, -0.1) is 0 Å². The summed E-state index contributed by atoms with van der Waals surface area (Å²) < 4.78 is 5.70. The number of carbonyl (C=O) groups excluding carboxylic acids is 2. The van der Waals surface area contributed by atoms with Gasteiger partial charge in [0.25, 0.3) is 5.91 Å². The van der Waals surface area contributed by atoms with E-state index in [9.17, 15) is 14.7 Å². The van der Waals surface area contributed by atoms with E-state index in [1.807, 2.05) is 38.1 Å². The maximum atomic E-state index is 13.0. The Hall–Kier alpha value is -3.08. The van der Waals surface area contributed by atoms with Gasteiger partial charge in [-0.2, -0.15) is 0 Å². The van der Waals surface area contributed by atoms with Crippen molar-refractivity contribution in [2.24, 2.45) is 0 Å². The fraction of sp³-hybridized carbons (Fsp3) is 0.385. The zero-order valence-corrected chi connectivity index (χ0v) is 19.1. The highest BCUT2D eigenvalue weighted by Crippen LogP contribution is 2.42. The summed E-state index contributed by atoms with van der Waals surface area (Å²) in [4.78, 5) is 27.2. The Bertz CT molecular complexity index is 995. The zero-order valence-electron chi connectivity index (χ0n) is 19.1. The lowest BCUT2D eigenvalue weighted by Gasteiger charge is -2.28. The molecule has 1 unspecified atom stereocenters. The van der Waals surface area contributed by atoms with Crippen LogP contribution in [0.25, 0.3) is 0 Å². The Balaban J connectivity index is 2.07. The molecule has 1 aliphatic heterocycles. The molecule has 5 heteroatoms. The van der Waals surface area contributed by atoms with Crippen molar-refractivity contribution in [3.63, 3.8) is 0 Å². The van der Waals surface area contributed by atoms with E-state index in [1.165, 1.54) is 4.90 Å². The number of aliphatic hydroxyl groups is 1. The zero-order chi connectivity index (χ0) is 22.9. The first kappa shape index (κ1) is 22.6. The molecular formula is C26H31NO4. The molecule has 0 saturated carbocycles. The van der Waals surface area contributed by atoms with Gasteiger partial charge in [-0.25, -0.2) is 0 Å². The van der Waals surface area contributed by atoms with Gasteiger partial charge in [0, 0.05) is 12.1 Å². The van der Waals surface area contributed by atoms with Gasteiger partial charge in [0.15, 0.2) is 11.5 Å². The van der Waals surface area contributed by atoms with Gasteiger partial charge < -0.3 is 9.84 Å². The lowest BCUT2D eigenvalue weighted by Crippen LogP contribution is -2.31. The van der Waals surface area contributed by atoms with Crippen LogP contribution in [0.3, 0.4) is 0 Å². The number of ketones is 1. The normalized spacial score (nSPS) is 16.9. The molecule has 0 aromatic heterocycles. The van der Waals surface area contributed by atoms with Crippen LogP contribution in [-0.4, -0.2) is 22.9 Å². The van der Waals surface area contributed by atoms with Crippen LogP contribution in [0.5, 0.6) is 5.75 Å². The van der Waals surface area contributed by atoms with Gasteiger partial charge in [-0.1, -0.05) is 52.0 Å². The predicted octanol–water partition coefficient (Wildman–Crippen LogP) is 5.65. The second-order valence-electron chi connectivity index (χ2n) is 9.15. The minimum absolute atomic E-state index is 0.0179. The molecule has 1 N–H and O–H groups in total. The van der Waals surface area contributed by atoms with E-state index >= 15 is 0 Å². The summed E-state index contributed by atoms with van der Waals surface area (Å²) in [5, 5.41) is 10.6. The van der Waals surface area contributed by atoms with Crippen molar-refractivity contribution in [2.45, 2.75) is 65.5 Å². The molecule has 0 radical (unpaired) electrons. The lowest BCUT2D eigenvalue weighted by molar-refractivity contribution is -0.118. The van der Waals surface area contributed by atoms with Crippen molar-refractivity contribution >= 4 is 17.4 Å². The number of aliphatic hydroxyl groups excluding tert-OH is 1. The van der Waals surface area contributed by atoms with Crippen molar-refractivity contribution in [3.8, 4) is 5.75 Å². The lowest BCUT2D eigenvalue weighted by atomic mass is 9.85. The van der Waals surface area contributed by atoms with Crippen LogP contribution in [0.2, 0.25) is 0 Å². The third kappa shape index (κ3) is 4.50. The Morgan fingerprint density at radius 1 is 1.06 bits per heavy atom. The van der Waals surface area contributed by atoms with Gasteiger partial charge >= 0.3 is 0 Å². The van der Waals surface area contributed by atoms with Crippen LogP contribution in [0.15, 0.2) is 59.9 Å². The minimum atomic E-state index is -0.675. The molecule has 0 bridgehead atoms. The molecule has 5 nitrogen and oxygen atoms in total. The summed E-state index contributed by atoms with van der Waals surface area (Å²) in [6.45, 7) is 12.0. The quantitative estimate of drug-likeness (QED) is 0.654. The largest absolute Gasteiger partial charge is 0.503 e. The number of hydrogen-bond donors (Lipinski definition) is 1. The number of ether oxygens (including phenoxy) is 1. The molecule has 1 amide bonds.